The summed E-state index contributed by atoms with van der Waals surface area (Å²) in [7, 11) is 6.40. The molecule has 5 nitrogen and oxygen atoms in total. The maximum Gasteiger partial charge on any atom is 0.354 e. The molecule has 0 saturated heterocycles. The molecule has 0 atom stereocenters. The van der Waals surface area contributed by atoms with Crippen LogP contribution in [-0.2, 0) is 16.6 Å². The fourth-order valence-corrected chi connectivity index (χ4v) is 1.60. The van der Waals surface area contributed by atoms with Crippen LogP contribution in [0.5, 0.6) is 0 Å². The molecule has 1 heterocycles. The summed E-state index contributed by atoms with van der Waals surface area (Å²) in [6.07, 6.45) is 0.750. The number of ether oxygens (including phenoxy) is 1. The van der Waals surface area contributed by atoms with Crippen LogP contribution in [0.25, 0.3) is 10.9 Å². The number of carbonyl (C=O) groups excluding carboxylic acids is 2. The zero-order valence-electron chi connectivity index (χ0n) is 11.9. The van der Waals surface area contributed by atoms with E-state index in [0.717, 1.165) is 11.8 Å². The summed E-state index contributed by atoms with van der Waals surface area (Å²) in [4.78, 5) is 22.2. The number of halogens is 1. The van der Waals surface area contributed by atoms with Crippen LogP contribution in [0.3, 0.4) is 0 Å². The van der Waals surface area contributed by atoms with Crippen molar-refractivity contribution in [1.29, 1.82) is 0 Å². The van der Waals surface area contributed by atoms with Crippen molar-refractivity contribution < 1.29 is 18.7 Å². The largest absolute Gasteiger partial charge is 0.464 e. The van der Waals surface area contributed by atoms with Gasteiger partial charge in [0.2, 0.25) is 6.41 Å². The first kappa shape index (κ1) is 15.7. The van der Waals surface area contributed by atoms with Crippen molar-refractivity contribution in [3.05, 3.63) is 35.8 Å². The molecule has 0 aliphatic heterocycles. The molecular weight excluding hydrogens is 263 g/mol. The van der Waals surface area contributed by atoms with Crippen LogP contribution in [0.4, 0.5) is 4.39 Å². The van der Waals surface area contributed by atoms with E-state index in [1.54, 1.807) is 37.8 Å². The van der Waals surface area contributed by atoms with Gasteiger partial charge in [0.1, 0.15) is 11.5 Å². The molecule has 1 amide bonds. The van der Waals surface area contributed by atoms with E-state index in [9.17, 15) is 14.0 Å². The topological polar surface area (TPSA) is 51.5 Å². The molecule has 0 saturated carbocycles. The second-order valence-electron chi connectivity index (χ2n) is 4.35. The highest BCUT2D eigenvalue weighted by Gasteiger charge is 2.13. The zero-order valence-corrected chi connectivity index (χ0v) is 11.9. The molecule has 0 fully saturated rings. The van der Waals surface area contributed by atoms with Crippen LogP contribution in [0, 0.1) is 5.82 Å². The number of fused-ring (bicyclic) bond motifs is 1. The second kappa shape index (κ2) is 6.70. The van der Waals surface area contributed by atoms with Crippen molar-refractivity contribution in [2.24, 2.45) is 7.05 Å². The van der Waals surface area contributed by atoms with Gasteiger partial charge in [0.05, 0.1) is 12.6 Å². The minimum absolute atomic E-state index is 0.319. The van der Waals surface area contributed by atoms with Gasteiger partial charge in [0.15, 0.2) is 0 Å². The molecule has 2 rings (SSSR count). The number of rotatable bonds is 2. The quantitative estimate of drug-likeness (QED) is 0.622. The summed E-state index contributed by atoms with van der Waals surface area (Å²) in [5.74, 6) is -0.741. The van der Waals surface area contributed by atoms with E-state index in [-0.39, 0.29) is 5.82 Å². The Hall–Kier alpha value is -2.37. The van der Waals surface area contributed by atoms with E-state index < -0.39 is 5.97 Å². The lowest BCUT2D eigenvalue weighted by Crippen LogP contribution is -2.06. The van der Waals surface area contributed by atoms with Crippen molar-refractivity contribution in [1.82, 2.24) is 9.47 Å². The van der Waals surface area contributed by atoms with Crippen molar-refractivity contribution >= 4 is 23.3 Å². The van der Waals surface area contributed by atoms with E-state index in [4.69, 9.17) is 0 Å². The Kier molecular flexibility index (Phi) is 5.25. The minimum Gasteiger partial charge on any atom is -0.464 e. The van der Waals surface area contributed by atoms with Gasteiger partial charge in [0.25, 0.3) is 0 Å². The lowest BCUT2D eigenvalue weighted by atomic mass is 10.2. The number of hydrogen-bond acceptors (Lipinski definition) is 3. The third-order valence-corrected chi connectivity index (χ3v) is 2.61. The number of esters is 1. The fourth-order valence-electron chi connectivity index (χ4n) is 1.60. The number of methoxy groups -OCH3 is 1. The number of aromatic nitrogens is 1. The van der Waals surface area contributed by atoms with Crippen molar-refractivity contribution in [2.45, 2.75) is 0 Å². The van der Waals surface area contributed by atoms with E-state index in [1.165, 1.54) is 24.1 Å². The monoisotopic (exact) mass is 280 g/mol. The molecule has 0 N–H and O–H groups in total. The van der Waals surface area contributed by atoms with E-state index in [2.05, 4.69) is 4.74 Å². The number of carbonyl (C=O) groups is 2. The summed E-state index contributed by atoms with van der Waals surface area (Å²) in [5, 5.41) is 0.819. The summed E-state index contributed by atoms with van der Waals surface area (Å²) in [5.41, 5.74) is 1.09. The van der Waals surface area contributed by atoms with Gasteiger partial charge in [-0.15, -0.1) is 0 Å². The Morgan fingerprint density at radius 2 is 1.95 bits per heavy atom. The van der Waals surface area contributed by atoms with E-state index >= 15 is 0 Å². The van der Waals surface area contributed by atoms with Crippen LogP contribution in [0.15, 0.2) is 24.3 Å². The SMILES string of the molecule is CN(C)C=O.COC(=O)c1cc2ccc(F)cc2n1C. The highest BCUT2D eigenvalue weighted by Crippen LogP contribution is 2.20. The average molecular weight is 280 g/mol. The van der Waals surface area contributed by atoms with Gasteiger partial charge >= 0.3 is 5.97 Å². The normalized spacial score (nSPS) is 9.65. The van der Waals surface area contributed by atoms with Gasteiger partial charge in [-0.25, -0.2) is 9.18 Å². The van der Waals surface area contributed by atoms with Crippen LogP contribution in [-0.4, -0.2) is 43.1 Å². The molecule has 1 aromatic heterocycles. The summed E-state index contributed by atoms with van der Waals surface area (Å²) in [6.45, 7) is 0. The number of hydrogen-bond donors (Lipinski definition) is 0. The molecule has 108 valence electrons. The van der Waals surface area contributed by atoms with E-state index in [1.807, 2.05) is 0 Å². The van der Waals surface area contributed by atoms with Crippen LogP contribution in [0.1, 0.15) is 10.5 Å². The van der Waals surface area contributed by atoms with Crippen LogP contribution in [0.2, 0.25) is 0 Å². The Labute approximate surface area is 116 Å². The first-order valence-corrected chi connectivity index (χ1v) is 5.85. The van der Waals surface area contributed by atoms with Gasteiger partial charge in [-0.2, -0.15) is 0 Å². The molecule has 2 aromatic rings. The number of amides is 1. The smallest absolute Gasteiger partial charge is 0.354 e. The number of aryl methyl sites for hydroxylation is 1. The number of nitrogens with zero attached hydrogens (tertiary/aromatic N) is 2. The van der Waals surface area contributed by atoms with Crippen molar-refractivity contribution in [2.75, 3.05) is 21.2 Å². The number of benzene rings is 1. The summed E-state index contributed by atoms with van der Waals surface area (Å²) >= 11 is 0. The third kappa shape index (κ3) is 3.57. The van der Waals surface area contributed by atoms with E-state index in [0.29, 0.717) is 11.2 Å². The Morgan fingerprint density at radius 3 is 2.45 bits per heavy atom. The van der Waals surface area contributed by atoms with Crippen LogP contribution < -0.4 is 0 Å². The van der Waals surface area contributed by atoms with Crippen molar-refractivity contribution in [3.8, 4) is 0 Å². The fraction of sp³-hybridized carbons (Fsp3) is 0.286. The standard InChI is InChI=1S/C11H10FNO2.C3H7NO/c1-13-9-6-8(12)4-3-7(9)5-10(13)11(14)15-2;1-4(2)3-5/h3-6H,1-2H3;3H,1-2H3. The first-order valence-electron chi connectivity index (χ1n) is 5.85. The second-order valence-corrected chi connectivity index (χ2v) is 4.35. The predicted molar refractivity (Wildman–Crippen MR) is 74.0 cm³/mol. The zero-order chi connectivity index (χ0) is 15.3. The minimum atomic E-state index is -0.422. The predicted octanol–water partition coefficient (Wildman–Crippen LogP) is 1.81. The Morgan fingerprint density at radius 1 is 1.35 bits per heavy atom. The Balaban J connectivity index is 0.000000347. The maximum atomic E-state index is 13.0. The summed E-state index contributed by atoms with van der Waals surface area (Å²) in [6, 6.07) is 6.07. The highest BCUT2D eigenvalue weighted by molar-refractivity contribution is 5.95. The molecule has 0 aliphatic rings. The molecule has 20 heavy (non-hydrogen) atoms. The third-order valence-electron chi connectivity index (χ3n) is 2.61. The maximum absolute atomic E-state index is 13.0. The van der Waals surface area contributed by atoms with Gasteiger partial charge in [0, 0.05) is 26.5 Å². The first-order chi connectivity index (χ1) is 9.40. The summed E-state index contributed by atoms with van der Waals surface area (Å²) < 4.78 is 19.2. The lowest BCUT2D eigenvalue weighted by Gasteiger charge is -2.01. The van der Waals surface area contributed by atoms with Gasteiger partial charge in [-0.05, 0) is 24.3 Å². The van der Waals surface area contributed by atoms with Crippen molar-refractivity contribution in [3.63, 3.8) is 0 Å². The molecule has 0 unspecified atom stereocenters. The molecule has 0 aliphatic carbocycles. The lowest BCUT2D eigenvalue weighted by molar-refractivity contribution is -0.115. The molecule has 0 radical (unpaired) electrons. The molecular formula is C14H17FN2O3. The van der Waals surface area contributed by atoms with Crippen LogP contribution >= 0.6 is 0 Å². The van der Waals surface area contributed by atoms with Gasteiger partial charge in [-0.3, -0.25) is 4.79 Å². The van der Waals surface area contributed by atoms with Gasteiger partial charge < -0.3 is 14.2 Å². The van der Waals surface area contributed by atoms with Gasteiger partial charge in [-0.1, -0.05) is 0 Å². The highest BCUT2D eigenvalue weighted by atomic mass is 19.1. The molecule has 6 heteroatoms. The Bertz CT molecular complexity index is 620. The average Bonchev–Trinajstić information content (AvgIpc) is 2.76. The molecule has 0 spiro atoms. The molecule has 0 bridgehead atoms. The molecule has 1 aromatic carbocycles.